The van der Waals surface area contributed by atoms with Crippen LogP contribution in [0.1, 0.15) is 25.7 Å². The summed E-state index contributed by atoms with van der Waals surface area (Å²) >= 11 is 0. The Morgan fingerprint density at radius 1 is 1.20 bits per heavy atom. The third kappa shape index (κ3) is 3.69. The monoisotopic (exact) mass is 278 g/mol. The second-order valence-corrected chi connectivity index (χ2v) is 5.43. The molecule has 1 aliphatic carbocycles. The first-order valence-electron chi connectivity index (χ1n) is 7.39. The second kappa shape index (κ2) is 6.21. The highest BCUT2D eigenvalue weighted by molar-refractivity contribution is 5.42. The van der Waals surface area contributed by atoms with Gasteiger partial charge in [0.15, 0.2) is 0 Å². The summed E-state index contributed by atoms with van der Waals surface area (Å²) in [6.07, 6.45) is 5.26. The fourth-order valence-corrected chi connectivity index (χ4v) is 2.36. The van der Waals surface area contributed by atoms with Crippen molar-refractivity contribution in [3.05, 3.63) is 0 Å². The van der Waals surface area contributed by atoms with Crippen molar-refractivity contribution in [2.45, 2.75) is 25.7 Å². The van der Waals surface area contributed by atoms with Gasteiger partial charge in [0, 0.05) is 19.6 Å². The molecule has 2 heterocycles. The molecular weight excluding hydrogens is 256 g/mol. The molecule has 2 aliphatic rings. The largest absolute Gasteiger partial charge is 0.378 e. The topological polar surface area (TPSA) is 89.2 Å². The van der Waals surface area contributed by atoms with Crippen LogP contribution in [0.15, 0.2) is 0 Å². The van der Waals surface area contributed by atoms with Gasteiger partial charge in [0.25, 0.3) is 0 Å². The maximum absolute atomic E-state index is 5.77. The van der Waals surface area contributed by atoms with Gasteiger partial charge in [0.1, 0.15) is 0 Å². The van der Waals surface area contributed by atoms with E-state index in [4.69, 9.17) is 10.5 Å². The number of morpholine rings is 1. The lowest BCUT2D eigenvalue weighted by Crippen LogP contribution is -2.37. The molecule has 0 spiro atoms. The molecule has 0 radical (unpaired) electrons. The van der Waals surface area contributed by atoms with E-state index < -0.39 is 0 Å². The van der Waals surface area contributed by atoms with E-state index in [9.17, 15) is 0 Å². The summed E-state index contributed by atoms with van der Waals surface area (Å²) in [6.45, 7) is 3.89. The summed E-state index contributed by atoms with van der Waals surface area (Å²) in [7, 11) is 0. The van der Waals surface area contributed by atoms with Gasteiger partial charge in [0.05, 0.1) is 13.2 Å². The average Bonchev–Trinajstić information content (AvgIpc) is 3.28. The van der Waals surface area contributed by atoms with Crippen molar-refractivity contribution < 1.29 is 4.74 Å². The first-order valence-corrected chi connectivity index (χ1v) is 7.39. The summed E-state index contributed by atoms with van der Waals surface area (Å²) in [5.41, 5.74) is 5.77. The normalized spacial score (nSPS) is 19.1. The summed E-state index contributed by atoms with van der Waals surface area (Å²) in [5.74, 6) is 2.45. The minimum Gasteiger partial charge on any atom is -0.378 e. The predicted octanol–water partition coefficient (Wildman–Crippen LogP) is 0.892. The van der Waals surface area contributed by atoms with Crippen molar-refractivity contribution in [2.75, 3.05) is 48.8 Å². The highest BCUT2D eigenvalue weighted by atomic mass is 16.5. The molecule has 1 saturated carbocycles. The molecule has 1 saturated heterocycles. The number of ether oxygens (including phenoxy) is 1. The number of nitrogens with one attached hydrogen (secondary N) is 1. The molecule has 0 atom stereocenters. The zero-order valence-electron chi connectivity index (χ0n) is 11.7. The second-order valence-electron chi connectivity index (χ2n) is 5.43. The van der Waals surface area contributed by atoms with E-state index in [0.717, 1.165) is 32.0 Å². The predicted molar refractivity (Wildman–Crippen MR) is 77.7 cm³/mol. The Kier molecular flexibility index (Phi) is 4.15. The van der Waals surface area contributed by atoms with Gasteiger partial charge < -0.3 is 20.7 Å². The van der Waals surface area contributed by atoms with Crippen molar-refractivity contribution in [1.29, 1.82) is 0 Å². The molecule has 0 aromatic carbocycles. The lowest BCUT2D eigenvalue weighted by Gasteiger charge is -2.26. The van der Waals surface area contributed by atoms with Crippen molar-refractivity contribution in [3.63, 3.8) is 0 Å². The highest BCUT2D eigenvalue weighted by Gasteiger charge is 2.20. The highest BCUT2D eigenvalue weighted by Crippen LogP contribution is 2.33. The molecule has 110 valence electrons. The van der Waals surface area contributed by atoms with Crippen LogP contribution in [0.25, 0.3) is 0 Å². The van der Waals surface area contributed by atoms with Crippen LogP contribution in [0.5, 0.6) is 0 Å². The number of nitrogens with two attached hydrogens (primary N) is 1. The van der Waals surface area contributed by atoms with Crippen LogP contribution in [-0.2, 0) is 4.74 Å². The Labute approximate surface area is 118 Å². The molecule has 0 unspecified atom stereocenters. The summed E-state index contributed by atoms with van der Waals surface area (Å²) in [5, 5.41) is 3.25. The first kappa shape index (κ1) is 13.4. The Hall–Kier alpha value is -1.63. The van der Waals surface area contributed by atoms with E-state index in [0.29, 0.717) is 25.1 Å². The molecule has 1 aromatic heterocycles. The van der Waals surface area contributed by atoms with Crippen LogP contribution < -0.4 is 16.0 Å². The van der Waals surface area contributed by atoms with E-state index >= 15 is 0 Å². The Morgan fingerprint density at radius 3 is 2.75 bits per heavy atom. The Bertz CT molecular complexity index is 444. The molecule has 3 rings (SSSR count). The third-order valence-corrected chi connectivity index (χ3v) is 3.70. The first-order chi connectivity index (χ1) is 9.81. The molecule has 7 heteroatoms. The zero-order chi connectivity index (χ0) is 13.8. The fraction of sp³-hybridized carbons (Fsp3) is 0.769. The van der Waals surface area contributed by atoms with Gasteiger partial charge in [-0.3, -0.25) is 0 Å². The van der Waals surface area contributed by atoms with Crippen molar-refractivity contribution in [3.8, 4) is 0 Å². The van der Waals surface area contributed by atoms with Crippen LogP contribution in [0.3, 0.4) is 0 Å². The number of hydrogen-bond acceptors (Lipinski definition) is 7. The Balaban J connectivity index is 1.56. The van der Waals surface area contributed by atoms with E-state index in [2.05, 4.69) is 25.2 Å². The lowest BCUT2D eigenvalue weighted by molar-refractivity contribution is 0.122. The molecule has 3 N–H and O–H groups in total. The number of aromatic nitrogens is 3. The summed E-state index contributed by atoms with van der Waals surface area (Å²) < 4.78 is 5.33. The summed E-state index contributed by atoms with van der Waals surface area (Å²) in [4.78, 5) is 14.9. The molecule has 0 amide bonds. The van der Waals surface area contributed by atoms with Crippen LogP contribution in [0.2, 0.25) is 0 Å². The van der Waals surface area contributed by atoms with Crippen molar-refractivity contribution >= 4 is 17.8 Å². The van der Waals surface area contributed by atoms with E-state index in [1.165, 1.54) is 19.3 Å². The third-order valence-electron chi connectivity index (χ3n) is 3.70. The number of hydrogen-bond donors (Lipinski definition) is 2. The number of rotatable bonds is 6. The molecule has 1 aliphatic heterocycles. The van der Waals surface area contributed by atoms with Crippen LogP contribution in [-0.4, -0.2) is 47.8 Å². The van der Waals surface area contributed by atoms with Gasteiger partial charge in [0.2, 0.25) is 17.8 Å². The Morgan fingerprint density at radius 2 is 2.00 bits per heavy atom. The standard InChI is InChI=1S/C13H22N6O/c14-11-16-12(15-5-1-2-10-3-4-10)18-13(17-11)19-6-8-20-9-7-19/h10H,1-9H2,(H3,14,15,16,17,18). The quantitative estimate of drug-likeness (QED) is 0.747. The minimum atomic E-state index is 0.270. The zero-order valence-corrected chi connectivity index (χ0v) is 11.7. The summed E-state index contributed by atoms with van der Waals surface area (Å²) in [6, 6.07) is 0. The molecule has 7 nitrogen and oxygen atoms in total. The van der Waals surface area contributed by atoms with E-state index in [-0.39, 0.29) is 5.95 Å². The van der Waals surface area contributed by atoms with Gasteiger partial charge >= 0.3 is 0 Å². The molecule has 0 bridgehead atoms. The number of anilines is 3. The molecule has 20 heavy (non-hydrogen) atoms. The number of nitrogens with zero attached hydrogens (tertiary/aromatic N) is 4. The van der Waals surface area contributed by atoms with Crippen LogP contribution >= 0.6 is 0 Å². The van der Waals surface area contributed by atoms with E-state index in [1.54, 1.807) is 0 Å². The molecule has 1 aromatic rings. The maximum atomic E-state index is 5.77. The van der Waals surface area contributed by atoms with Gasteiger partial charge in [-0.1, -0.05) is 12.8 Å². The van der Waals surface area contributed by atoms with E-state index in [1.807, 2.05) is 0 Å². The average molecular weight is 278 g/mol. The van der Waals surface area contributed by atoms with Crippen LogP contribution in [0.4, 0.5) is 17.8 Å². The maximum Gasteiger partial charge on any atom is 0.232 e. The lowest BCUT2D eigenvalue weighted by atomic mass is 10.2. The number of nitrogen functional groups attached to an aromatic ring is 1. The molecular formula is C13H22N6O. The van der Waals surface area contributed by atoms with Crippen molar-refractivity contribution in [1.82, 2.24) is 15.0 Å². The smallest absolute Gasteiger partial charge is 0.232 e. The van der Waals surface area contributed by atoms with Crippen molar-refractivity contribution in [2.24, 2.45) is 5.92 Å². The minimum absolute atomic E-state index is 0.270. The van der Waals surface area contributed by atoms with Gasteiger partial charge in [-0.15, -0.1) is 0 Å². The molecule has 2 fully saturated rings. The fourth-order valence-electron chi connectivity index (χ4n) is 2.36. The van der Waals surface area contributed by atoms with Gasteiger partial charge in [-0.05, 0) is 18.8 Å². The van der Waals surface area contributed by atoms with Gasteiger partial charge in [-0.25, -0.2) is 0 Å². The van der Waals surface area contributed by atoms with Crippen LogP contribution in [0, 0.1) is 5.92 Å². The SMILES string of the molecule is Nc1nc(NCCCC2CC2)nc(N2CCOCC2)n1. The van der Waals surface area contributed by atoms with Gasteiger partial charge in [-0.2, -0.15) is 15.0 Å².